The molecule has 0 aliphatic carbocycles. The smallest absolute Gasteiger partial charge is 0.247 e. The zero-order valence-electron chi connectivity index (χ0n) is 27.1. The van der Waals surface area contributed by atoms with E-state index in [0.717, 1.165) is 38.4 Å². The number of aromatic nitrogens is 2. The van der Waals surface area contributed by atoms with Crippen molar-refractivity contribution in [3.8, 4) is 17.2 Å². The van der Waals surface area contributed by atoms with E-state index in [1.165, 1.54) is 42.7 Å². The van der Waals surface area contributed by atoms with Crippen LogP contribution in [0.25, 0.3) is 0 Å². The van der Waals surface area contributed by atoms with Crippen molar-refractivity contribution in [1.82, 2.24) is 14.9 Å². The first kappa shape index (κ1) is 33.4. The van der Waals surface area contributed by atoms with Gasteiger partial charge in [0.1, 0.15) is 41.0 Å². The molecule has 6 rings (SSSR count). The fourth-order valence-electron chi connectivity index (χ4n) is 5.91. The summed E-state index contributed by atoms with van der Waals surface area (Å²) in [6.45, 7) is 11.9. The average Bonchev–Trinajstić information content (AvgIpc) is 3.59. The van der Waals surface area contributed by atoms with Crippen LogP contribution in [-0.2, 0) is 9.63 Å². The minimum absolute atomic E-state index is 0.228. The number of methoxy groups -OCH3 is 1. The van der Waals surface area contributed by atoms with Gasteiger partial charge in [-0.05, 0) is 42.0 Å². The number of anilines is 5. The Morgan fingerprint density at radius 2 is 1.82 bits per heavy atom. The number of hydroxylamine groups is 1. The summed E-state index contributed by atoms with van der Waals surface area (Å²) in [4.78, 5) is 31.8. The number of hydrogen-bond acceptors (Lipinski definition) is 10. The average molecular weight is 670 g/mol. The number of nitrogens with one attached hydrogen (secondary N) is 2. The molecule has 1 unspecified atom stereocenters. The molecule has 11 nitrogen and oxygen atoms in total. The first-order chi connectivity index (χ1) is 23.8. The van der Waals surface area contributed by atoms with Crippen molar-refractivity contribution in [3.05, 3.63) is 109 Å². The van der Waals surface area contributed by atoms with E-state index in [1.54, 1.807) is 36.4 Å². The molecule has 2 aliphatic rings. The number of hydrogen-bond donors (Lipinski definition) is 2. The largest absolute Gasteiger partial charge is 0.494 e. The van der Waals surface area contributed by atoms with Crippen molar-refractivity contribution in [1.29, 1.82) is 0 Å². The van der Waals surface area contributed by atoms with Gasteiger partial charge >= 0.3 is 0 Å². The molecule has 1 atom stereocenters. The molecular weight excluding hydrogens is 632 g/mol. The summed E-state index contributed by atoms with van der Waals surface area (Å²) < 4.78 is 40.1. The van der Waals surface area contributed by atoms with Crippen LogP contribution in [0.1, 0.15) is 18.0 Å². The second kappa shape index (κ2) is 15.1. The molecule has 2 aliphatic heterocycles. The van der Waals surface area contributed by atoms with Gasteiger partial charge in [0.2, 0.25) is 5.91 Å². The van der Waals surface area contributed by atoms with Gasteiger partial charge in [-0.3, -0.25) is 14.5 Å². The molecule has 13 heteroatoms. The van der Waals surface area contributed by atoms with Crippen molar-refractivity contribution >= 4 is 34.6 Å². The number of piperazine rings is 1. The van der Waals surface area contributed by atoms with E-state index in [-0.39, 0.29) is 17.4 Å². The highest BCUT2D eigenvalue weighted by Crippen LogP contribution is 2.40. The van der Waals surface area contributed by atoms with Crippen molar-refractivity contribution in [3.63, 3.8) is 0 Å². The maximum Gasteiger partial charge on any atom is 0.247 e. The Labute approximate surface area is 283 Å². The first-order valence-electron chi connectivity index (χ1n) is 15.8. The van der Waals surface area contributed by atoms with Crippen LogP contribution in [0, 0.1) is 11.6 Å². The number of halogens is 2. The van der Waals surface area contributed by atoms with Gasteiger partial charge in [0.15, 0.2) is 5.82 Å². The third-order valence-corrected chi connectivity index (χ3v) is 8.22. The number of amides is 1. The summed E-state index contributed by atoms with van der Waals surface area (Å²) in [5.41, 5.74) is 2.57. The van der Waals surface area contributed by atoms with E-state index in [9.17, 15) is 13.6 Å². The predicted molar refractivity (Wildman–Crippen MR) is 185 cm³/mol. The molecule has 2 fully saturated rings. The summed E-state index contributed by atoms with van der Waals surface area (Å²) in [5, 5.41) is 7.83. The van der Waals surface area contributed by atoms with Crippen LogP contribution >= 0.6 is 0 Å². The Kier molecular flexibility index (Phi) is 10.3. The molecule has 4 aromatic rings. The molecule has 0 saturated carbocycles. The van der Waals surface area contributed by atoms with Crippen molar-refractivity contribution in [2.24, 2.45) is 0 Å². The van der Waals surface area contributed by atoms with Crippen LogP contribution in [0.3, 0.4) is 0 Å². The highest BCUT2D eigenvalue weighted by atomic mass is 19.1. The first-order valence-corrected chi connectivity index (χ1v) is 15.8. The summed E-state index contributed by atoms with van der Waals surface area (Å²) in [6, 6.07) is 15.0. The number of benzene rings is 3. The standard InChI is InChI=1S/C36H37F2N7O4/c1-4-10-43-11-13-44(14-12-43)32-21-33(47-3)30(20-29(32)42-36(46)5-2)41-34-22-35(40-23-39-34)45-31(9-15-48-45)24-16-26(38)19-28(17-24)49-27-8-6-7-25(37)18-27/h4-8,16-23,31H,1-2,9-15H2,3H3,(H,42,46)(H,39,40,41). The Morgan fingerprint density at radius 1 is 1.00 bits per heavy atom. The van der Waals surface area contributed by atoms with Gasteiger partial charge in [-0.2, -0.15) is 0 Å². The van der Waals surface area contributed by atoms with Gasteiger partial charge in [-0.1, -0.05) is 18.7 Å². The molecule has 49 heavy (non-hydrogen) atoms. The number of nitrogens with zero attached hydrogens (tertiary/aromatic N) is 5. The molecule has 3 heterocycles. The van der Waals surface area contributed by atoms with Gasteiger partial charge in [-0.15, -0.1) is 6.58 Å². The van der Waals surface area contributed by atoms with Gasteiger partial charge in [0.25, 0.3) is 0 Å². The molecule has 0 spiro atoms. The second-order valence-electron chi connectivity index (χ2n) is 11.5. The number of carbonyl (C=O) groups is 1. The van der Waals surface area contributed by atoms with Crippen molar-refractivity contribution in [2.45, 2.75) is 12.5 Å². The molecule has 2 saturated heterocycles. The lowest BCUT2D eigenvalue weighted by molar-refractivity contribution is -0.111. The van der Waals surface area contributed by atoms with Crippen molar-refractivity contribution < 1.29 is 27.9 Å². The van der Waals surface area contributed by atoms with Gasteiger partial charge in [-0.25, -0.2) is 23.8 Å². The van der Waals surface area contributed by atoms with Crippen LogP contribution in [0.2, 0.25) is 0 Å². The topological polar surface area (TPSA) is 104 Å². The van der Waals surface area contributed by atoms with E-state index in [2.05, 4.69) is 43.6 Å². The zero-order chi connectivity index (χ0) is 34.3. The fraction of sp³-hybridized carbons (Fsp3) is 0.250. The van der Waals surface area contributed by atoms with E-state index in [1.807, 2.05) is 12.1 Å². The van der Waals surface area contributed by atoms with E-state index >= 15 is 0 Å². The molecule has 1 aromatic heterocycles. The predicted octanol–water partition coefficient (Wildman–Crippen LogP) is 6.61. The Balaban J connectivity index is 1.25. The third-order valence-electron chi connectivity index (χ3n) is 8.22. The Bertz CT molecular complexity index is 1830. The molecule has 3 aromatic carbocycles. The van der Waals surface area contributed by atoms with Crippen molar-refractivity contribution in [2.75, 3.05) is 67.0 Å². The molecule has 254 valence electrons. The van der Waals surface area contributed by atoms with Crippen LogP contribution in [0.4, 0.5) is 37.5 Å². The summed E-state index contributed by atoms with van der Waals surface area (Å²) >= 11 is 0. The number of rotatable bonds is 12. The van der Waals surface area contributed by atoms with E-state index < -0.39 is 17.7 Å². The second-order valence-corrected chi connectivity index (χ2v) is 11.5. The van der Waals surface area contributed by atoms with Gasteiger partial charge < -0.3 is 25.0 Å². The lowest BCUT2D eigenvalue weighted by atomic mass is 10.0. The maximum atomic E-state index is 14.8. The minimum atomic E-state index is -0.505. The SMILES string of the molecule is C=CCN1CCN(c2cc(OC)c(Nc3cc(N4OCCC4c4cc(F)cc(Oc5cccc(F)c5)c4)ncn3)cc2NC(=O)C=C)CC1. The molecular formula is C36H37F2N7O4. The lowest BCUT2D eigenvalue weighted by Crippen LogP contribution is -2.46. The lowest BCUT2D eigenvalue weighted by Gasteiger charge is -2.36. The van der Waals surface area contributed by atoms with Crippen LogP contribution < -0.4 is 30.1 Å². The number of carbonyl (C=O) groups excluding carboxylic acids is 1. The summed E-state index contributed by atoms with van der Waals surface area (Å²) in [6.07, 6.45) is 5.07. The van der Waals surface area contributed by atoms with Crippen LogP contribution in [0.5, 0.6) is 17.2 Å². The molecule has 0 radical (unpaired) electrons. The highest BCUT2D eigenvalue weighted by Gasteiger charge is 2.30. The summed E-state index contributed by atoms with van der Waals surface area (Å²) in [7, 11) is 1.58. The zero-order valence-corrected chi connectivity index (χ0v) is 27.1. The monoisotopic (exact) mass is 669 g/mol. The van der Waals surface area contributed by atoms with Gasteiger partial charge in [0, 0.05) is 63.4 Å². The third kappa shape index (κ3) is 7.96. The highest BCUT2D eigenvalue weighted by molar-refractivity contribution is 6.02. The molecule has 2 N–H and O–H groups in total. The Morgan fingerprint density at radius 3 is 2.57 bits per heavy atom. The summed E-state index contributed by atoms with van der Waals surface area (Å²) in [5.74, 6) is 0.586. The van der Waals surface area contributed by atoms with Crippen LogP contribution in [0.15, 0.2) is 92.3 Å². The normalized spacial score (nSPS) is 16.3. The van der Waals surface area contributed by atoms with Crippen LogP contribution in [-0.4, -0.2) is 67.2 Å². The Hall–Kier alpha value is -5.53. The van der Waals surface area contributed by atoms with E-state index in [4.69, 9.17) is 14.3 Å². The minimum Gasteiger partial charge on any atom is -0.494 e. The molecule has 0 bridgehead atoms. The number of ether oxygens (including phenoxy) is 2. The quantitative estimate of drug-likeness (QED) is 0.126. The molecule has 1 amide bonds. The fourth-order valence-corrected chi connectivity index (χ4v) is 5.91. The van der Waals surface area contributed by atoms with Gasteiger partial charge in [0.05, 0.1) is 36.8 Å². The van der Waals surface area contributed by atoms with E-state index in [0.29, 0.717) is 47.4 Å². The maximum absolute atomic E-state index is 14.8.